The van der Waals surface area contributed by atoms with Crippen LogP contribution in [-0.2, 0) is 11.0 Å². The van der Waals surface area contributed by atoms with Crippen LogP contribution in [0.25, 0.3) is 5.69 Å². The third kappa shape index (κ3) is 4.82. The molecule has 32 heavy (non-hydrogen) atoms. The van der Waals surface area contributed by atoms with Crippen LogP contribution in [0.4, 0.5) is 13.2 Å². The van der Waals surface area contributed by atoms with Gasteiger partial charge in [-0.2, -0.15) is 18.3 Å². The van der Waals surface area contributed by atoms with Gasteiger partial charge < -0.3 is 10.2 Å². The van der Waals surface area contributed by atoms with E-state index in [2.05, 4.69) is 10.4 Å². The molecule has 1 aromatic heterocycles. The molecule has 6 nitrogen and oxygen atoms in total. The number of carbonyl (C=O) groups excluding carboxylic acids is 2. The topological polar surface area (TPSA) is 67.2 Å². The van der Waals surface area contributed by atoms with Gasteiger partial charge in [-0.15, -0.1) is 0 Å². The first-order valence-electron chi connectivity index (χ1n) is 10.2. The van der Waals surface area contributed by atoms with Gasteiger partial charge in [-0.05, 0) is 42.3 Å². The van der Waals surface area contributed by atoms with Crippen LogP contribution in [0, 0.1) is 0 Å². The summed E-state index contributed by atoms with van der Waals surface area (Å²) < 4.78 is 41.2. The Morgan fingerprint density at radius 2 is 1.88 bits per heavy atom. The summed E-state index contributed by atoms with van der Waals surface area (Å²) in [7, 11) is 0. The third-order valence-corrected chi connectivity index (χ3v) is 5.34. The van der Waals surface area contributed by atoms with E-state index in [0.29, 0.717) is 19.4 Å². The SMILES string of the molecule is O=C(NC(CN1CCCC1=O)c1cccc(C(F)(F)F)c1)c1ccn(-c2ccccc2)n1. The zero-order valence-corrected chi connectivity index (χ0v) is 17.0. The highest BCUT2D eigenvalue weighted by Gasteiger charge is 2.32. The maximum atomic E-state index is 13.2. The molecule has 0 aliphatic carbocycles. The fraction of sp³-hybridized carbons (Fsp3) is 0.261. The van der Waals surface area contributed by atoms with E-state index in [1.54, 1.807) is 11.1 Å². The standard InChI is InChI=1S/C23H21F3N4O2/c24-23(25,26)17-7-4-6-16(14-17)20(15-29-12-5-10-21(29)31)27-22(32)19-11-13-30(28-19)18-8-2-1-3-9-18/h1-4,6-9,11,13-14,20H,5,10,12,15H2,(H,27,32). The Morgan fingerprint density at radius 3 is 2.56 bits per heavy atom. The van der Waals surface area contributed by atoms with Crippen LogP contribution in [0.3, 0.4) is 0 Å². The molecule has 0 bridgehead atoms. The second-order valence-electron chi connectivity index (χ2n) is 7.57. The van der Waals surface area contributed by atoms with Gasteiger partial charge in [-0.1, -0.05) is 30.3 Å². The zero-order valence-electron chi connectivity index (χ0n) is 17.0. The van der Waals surface area contributed by atoms with Crippen molar-refractivity contribution in [2.75, 3.05) is 13.1 Å². The van der Waals surface area contributed by atoms with Crippen LogP contribution in [0.5, 0.6) is 0 Å². The number of amides is 2. The highest BCUT2D eigenvalue weighted by molar-refractivity contribution is 5.92. The molecule has 0 saturated carbocycles. The van der Waals surface area contributed by atoms with Crippen LogP contribution in [0.1, 0.15) is 40.5 Å². The molecule has 2 amide bonds. The van der Waals surface area contributed by atoms with Gasteiger partial charge in [-0.3, -0.25) is 9.59 Å². The zero-order chi connectivity index (χ0) is 22.7. The van der Waals surface area contributed by atoms with E-state index < -0.39 is 23.7 Å². The predicted molar refractivity (Wildman–Crippen MR) is 111 cm³/mol. The van der Waals surface area contributed by atoms with E-state index in [-0.39, 0.29) is 23.7 Å². The Kier molecular flexibility index (Phi) is 5.98. The molecule has 1 atom stereocenters. The molecule has 9 heteroatoms. The fourth-order valence-electron chi connectivity index (χ4n) is 3.69. The van der Waals surface area contributed by atoms with Crippen molar-refractivity contribution < 1.29 is 22.8 Å². The lowest BCUT2D eigenvalue weighted by Crippen LogP contribution is -2.39. The summed E-state index contributed by atoms with van der Waals surface area (Å²) in [5, 5.41) is 7.04. The minimum absolute atomic E-state index is 0.0791. The number of nitrogens with one attached hydrogen (secondary N) is 1. The molecular weight excluding hydrogens is 421 g/mol. The molecule has 2 heterocycles. The molecule has 1 aliphatic heterocycles. The highest BCUT2D eigenvalue weighted by Crippen LogP contribution is 2.31. The Labute approximate surface area is 182 Å². The third-order valence-electron chi connectivity index (χ3n) is 5.34. The number of hydrogen-bond donors (Lipinski definition) is 1. The summed E-state index contributed by atoms with van der Waals surface area (Å²) in [5.74, 6) is -0.613. The molecule has 1 unspecified atom stereocenters. The van der Waals surface area contributed by atoms with Gasteiger partial charge in [0.15, 0.2) is 5.69 Å². The summed E-state index contributed by atoms with van der Waals surface area (Å²) in [5.41, 5.74) is 0.355. The second-order valence-corrected chi connectivity index (χ2v) is 7.57. The van der Waals surface area contributed by atoms with E-state index in [0.717, 1.165) is 17.8 Å². The van der Waals surface area contributed by atoms with Crippen LogP contribution >= 0.6 is 0 Å². The van der Waals surface area contributed by atoms with Gasteiger partial charge in [0, 0.05) is 25.7 Å². The lowest BCUT2D eigenvalue weighted by atomic mass is 10.0. The first kappa shape index (κ1) is 21.6. The number of hydrogen-bond acceptors (Lipinski definition) is 3. The minimum Gasteiger partial charge on any atom is -0.342 e. The number of aromatic nitrogens is 2. The van der Waals surface area contributed by atoms with Crippen LogP contribution < -0.4 is 5.32 Å². The molecule has 2 aromatic carbocycles. The maximum absolute atomic E-state index is 13.2. The molecule has 1 fully saturated rings. The first-order valence-corrected chi connectivity index (χ1v) is 10.2. The van der Waals surface area contributed by atoms with Gasteiger partial charge in [0.25, 0.3) is 5.91 Å². The number of likely N-dealkylation sites (tertiary alicyclic amines) is 1. The summed E-state index contributed by atoms with van der Waals surface area (Å²) >= 11 is 0. The van der Waals surface area contributed by atoms with Gasteiger partial charge in [0.05, 0.1) is 17.3 Å². The number of carbonyl (C=O) groups is 2. The average Bonchev–Trinajstić information content (AvgIpc) is 3.43. The molecule has 1 saturated heterocycles. The van der Waals surface area contributed by atoms with Crippen molar-refractivity contribution in [2.45, 2.75) is 25.1 Å². The lowest BCUT2D eigenvalue weighted by molar-refractivity contribution is -0.137. The van der Waals surface area contributed by atoms with Crippen molar-refractivity contribution in [2.24, 2.45) is 0 Å². The van der Waals surface area contributed by atoms with Crippen molar-refractivity contribution in [1.82, 2.24) is 20.0 Å². The van der Waals surface area contributed by atoms with Gasteiger partial charge in [-0.25, -0.2) is 4.68 Å². The van der Waals surface area contributed by atoms with E-state index in [9.17, 15) is 22.8 Å². The van der Waals surface area contributed by atoms with E-state index in [4.69, 9.17) is 0 Å². The van der Waals surface area contributed by atoms with Gasteiger partial charge in [0.1, 0.15) is 0 Å². The number of para-hydroxylation sites is 1. The maximum Gasteiger partial charge on any atom is 0.416 e. The highest BCUT2D eigenvalue weighted by atomic mass is 19.4. The molecule has 0 spiro atoms. The molecule has 1 aliphatic rings. The fourth-order valence-corrected chi connectivity index (χ4v) is 3.69. The largest absolute Gasteiger partial charge is 0.416 e. The van der Waals surface area contributed by atoms with Gasteiger partial charge in [0.2, 0.25) is 5.91 Å². The normalized spacial score (nSPS) is 15.1. The van der Waals surface area contributed by atoms with Crippen molar-refractivity contribution >= 4 is 11.8 Å². The number of benzene rings is 2. The second kappa shape index (κ2) is 8.86. The van der Waals surface area contributed by atoms with Crippen LogP contribution in [-0.4, -0.2) is 39.6 Å². The van der Waals surface area contributed by atoms with Crippen LogP contribution in [0.15, 0.2) is 66.9 Å². The summed E-state index contributed by atoms with van der Waals surface area (Å²) in [4.78, 5) is 26.6. The molecule has 166 valence electrons. The number of alkyl halides is 3. The smallest absolute Gasteiger partial charge is 0.342 e. The summed E-state index contributed by atoms with van der Waals surface area (Å²) in [6, 6.07) is 14.7. The van der Waals surface area contributed by atoms with Crippen molar-refractivity contribution in [3.8, 4) is 5.69 Å². The monoisotopic (exact) mass is 442 g/mol. The molecular formula is C23H21F3N4O2. The molecule has 0 radical (unpaired) electrons. The summed E-state index contributed by atoms with van der Waals surface area (Å²) in [6.07, 6.45) is -1.80. The Morgan fingerprint density at radius 1 is 1.09 bits per heavy atom. The Hall–Kier alpha value is -3.62. The number of halogens is 3. The lowest BCUT2D eigenvalue weighted by Gasteiger charge is -2.25. The Balaban J connectivity index is 1.58. The van der Waals surface area contributed by atoms with Gasteiger partial charge >= 0.3 is 6.18 Å². The number of nitrogens with zero attached hydrogens (tertiary/aromatic N) is 3. The van der Waals surface area contributed by atoms with Crippen molar-refractivity contribution in [3.05, 3.63) is 83.7 Å². The molecule has 3 aromatic rings. The average molecular weight is 442 g/mol. The molecule has 4 rings (SSSR count). The summed E-state index contributed by atoms with van der Waals surface area (Å²) in [6.45, 7) is 0.595. The van der Waals surface area contributed by atoms with Crippen LogP contribution in [0.2, 0.25) is 0 Å². The molecule has 1 N–H and O–H groups in total. The number of rotatable bonds is 6. The van der Waals surface area contributed by atoms with E-state index in [1.165, 1.54) is 22.9 Å². The van der Waals surface area contributed by atoms with E-state index in [1.807, 2.05) is 30.3 Å². The predicted octanol–water partition coefficient (Wildman–Crippen LogP) is 3.98. The first-order chi connectivity index (χ1) is 15.3. The van der Waals surface area contributed by atoms with E-state index >= 15 is 0 Å². The van der Waals surface area contributed by atoms with Crippen molar-refractivity contribution in [1.29, 1.82) is 0 Å². The minimum atomic E-state index is -4.51. The Bertz CT molecular complexity index is 1110. The quantitative estimate of drug-likeness (QED) is 0.628. The van der Waals surface area contributed by atoms with Crippen molar-refractivity contribution in [3.63, 3.8) is 0 Å².